The molecule has 0 atom stereocenters. The van der Waals surface area contributed by atoms with Crippen LogP contribution in [0.5, 0.6) is 0 Å². The zero-order valence-corrected chi connectivity index (χ0v) is 22.8. The molecule has 2 aliphatic rings. The van der Waals surface area contributed by atoms with Crippen molar-refractivity contribution in [3.63, 3.8) is 0 Å². The number of piperidine rings is 1. The van der Waals surface area contributed by atoms with Gasteiger partial charge in [-0.1, -0.05) is 26.8 Å². The number of halogens is 1. The van der Waals surface area contributed by atoms with Gasteiger partial charge in [0.15, 0.2) is 0 Å². The van der Waals surface area contributed by atoms with Gasteiger partial charge < -0.3 is 31.1 Å². The summed E-state index contributed by atoms with van der Waals surface area (Å²) in [6.07, 6.45) is 3.09. The normalized spacial score (nSPS) is 17.8. The minimum absolute atomic E-state index is 0.151. The molecule has 38 heavy (non-hydrogen) atoms. The number of carboxylic acids is 2. The molecule has 0 spiro atoms. The highest BCUT2D eigenvalue weighted by atomic mass is 19.1. The molecule has 1 aromatic carbocycles. The van der Waals surface area contributed by atoms with E-state index in [0.717, 1.165) is 38.0 Å². The van der Waals surface area contributed by atoms with E-state index in [1.54, 1.807) is 13.8 Å². The van der Waals surface area contributed by atoms with Crippen molar-refractivity contribution >= 4 is 23.7 Å². The van der Waals surface area contributed by atoms with E-state index < -0.39 is 29.7 Å². The predicted molar refractivity (Wildman–Crippen MR) is 143 cm³/mol. The van der Waals surface area contributed by atoms with Gasteiger partial charge in [0.05, 0.1) is 22.8 Å². The number of nitrogens with one attached hydrogen (secondary N) is 3. The molecule has 0 radical (unpaired) electrons. The summed E-state index contributed by atoms with van der Waals surface area (Å²) in [4.78, 5) is 38.9. The number of likely N-dealkylation sites (tertiary alicyclic amines) is 1. The van der Waals surface area contributed by atoms with Crippen LogP contribution in [0.1, 0.15) is 65.4 Å². The van der Waals surface area contributed by atoms with Crippen LogP contribution in [0.4, 0.5) is 14.9 Å². The average molecular weight is 531 g/mol. The molecular weight excluding hydrogens is 491 g/mol. The maximum Gasteiger partial charge on any atom is 0.334 e. The topological polar surface area (TPSA) is 131 Å². The van der Waals surface area contributed by atoms with Gasteiger partial charge in [-0.05, 0) is 81.8 Å². The van der Waals surface area contributed by atoms with Crippen LogP contribution in [0.3, 0.4) is 0 Å². The van der Waals surface area contributed by atoms with Gasteiger partial charge in [-0.15, -0.1) is 0 Å². The number of dihydropyridines is 1. The second-order valence-corrected chi connectivity index (χ2v) is 11.2. The fraction of sp³-hybridized carbons (Fsp3) is 0.536. The Hall–Kier alpha value is -3.40. The van der Waals surface area contributed by atoms with Gasteiger partial charge in [-0.2, -0.15) is 0 Å². The lowest BCUT2D eigenvalue weighted by atomic mass is 9.75. The molecule has 2 heterocycles. The number of hydrogen-bond donors (Lipinski definition) is 5. The summed E-state index contributed by atoms with van der Waals surface area (Å²) in [6, 6.07) is 3.13. The van der Waals surface area contributed by atoms with E-state index in [-0.39, 0.29) is 22.4 Å². The highest BCUT2D eigenvalue weighted by Crippen LogP contribution is 2.39. The first-order valence-electron chi connectivity index (χ1n) is 13.0. The number of nitrogens with zero attached hydrogens (tertiary/aromatic N) is 1. The summed E-state index contributed by atoms with van der Waals surface area (Å²) in [5, 5.41) is 27.6. The van der Waals surface area contributed by atoms with Crippen LogP contribution < -0.4 is 16.0 Å². The smallest absolute Gasteiger partial charge is 0.334 e. The van der Waals surface area contributed by atoms with Gasteiger partial charge in [0.2, 0.25) is 0 Å². The monoisotopic (exact) mass is 530 g/mol. The molecule has 10 heteroatoms. The van der Waals surface area contributed by atoms with Crippen molar-refractivity contribution in [2.75, 3.05) is 31.5 Å². The number of carbonyl (C=O) groups excluding carboxylic acids is 1. The van der Waals surface area contributed by atoms with Crippen LogP contribution >= 0.6 is 0 Å². The van der Waals surface area contributed by atoms with Crippen molar-refractivity contribution in [3.8, 4) is 0 Å². The van der Waals surface area contributed by atoms with Crippen LogP contribution in [-0.2, 0) is 9.59 Å². The van der Waals surface area contributed by atoms with Gasteiger partial charge in [0.1, 0.15) is 5.82 Å². The zero-order valence-electron chi connectivity index (χ0n) is 22.8. The van der Waals surface area contributed by atoms with Crippen LogP contribution in [0.15, 0.2) is 40.7 Å². The number of anilines is 1. The maximum absolute atomic E-state index is 14.6. The lowest BCUT2D eigenvalue weighted by Gasteiger charge is -2.38. The summed E-state index contributed by atoms with van der Waals surface area (Å²) in [6.45, 7) is 13.3. The van der Waals surface area contributed by atoms with Gasteiger partial charge in [-0.25, -0.2) is 18.8 Å². The Bertz CT molecular complexity index is 1110. The number of carboxylic acid groups (broad SMARTS) is 2. The Balaban J connectivity index is 1.63. The molecule has 1 aromatic rings. The zero-order chi connectivity index (χ0) is 28.2. The minimum Gasteiger partial charge on any atom is -0.478 e. The number of allylic oxidation sites excluding steroid dienone is 2. The summed E-state index contributed by atoms with van der Waals surface area (Å²) in [5.74, 6) is -3.71. The van der Waals surface area contributed by atoms with E-state index >= 15 is 0 Å². The van der Waals surface area contributed by atoms with Gasteiger partial charge in [-0.3, -0.25) is 0 Å². The molecule has 1 saturated heterocycles. The molecule has 2 amide bonds. The molecule has 3 rings (SSSR count). The quantitative estimate of drug-likeness (QED) is 0.313. The molecule has 0 unspecified atom stereocenters. The highest BCUT2D eigenvalue weighted by Gasteiger charge is 2.37. The van der Waals surface area contributed by atoms with Gasteiger partial charge >= 0.3 is 18.0 Å². The van der Waals surface area contributed by atoms with Crippen LogP contribution in [0, 0.1) is 17.2 Å². The second-order valence-electron chi connectivity index (χ2n) is 11.2. The van der Waals surface area contributed by atoms with Gasteiger partial charge in [0, 0.05) is 17.9 Å². The maximum atomic E-state index is 14.6. The van der Waals surface area contributed by atoms with Crippen molar-refractivity contribution in [1.82, 2.24) is 15.5 Å². The van der Waals surface area contributed by atoms with Crippen molar-refractivity contribution < 1.29 is 29.0 Å². The SMILES string of the molecule is CC1=C(C(=O)O)C(c2ccc(F)c(NC(=O)NCCCN3CCC(C(C)(C)C)CC3)c2)C(C(=O)O)=C(C)N1. The third-order valence-corrected chi connectivity index (χ3v) is 7.54. The van der Waals surface area contributed by atoms with E-state index in [0.29, 0.717) is 23.4 Å². The van der Waals surface area contributed by atoms with Gasteiger partial charge in [0.25, 0.3) is 0 Å². The first kappa shape index (κ1) is 29.2. The Labute approximate surface area is 223 Å². The van der Waals surface area contributed by atoms with E-state index in [1.165, 1.54) is 25.0 Å². The number of rotatable bonds is 8. The van der Waals surface area contributed by atoms with Crippen LogP contribution in [-0.4, -0.2) is 59.3 Å². The number of benzene rings is 1. The first-order valence-corrected chi connectivity index (χ1v) is 13.0. The minimum atomic E-state index is -1.29. The molecule has 0 bridgehead atoms. The molecule has 9 nitrogen and oxygen atoms in total. The molecular formula is C28H39FN4O5. The standard InChI is InChI=1S/C28H39FN4O5/c1-16-22(25(34)35)24(23(26(36)37)17(2)31-16)18-7-8-20(29)21(15-18)32-27(38)30-11-6-12-33-13-9-19(10-14-33)28(3,4)5/h7-8,15,19,24,31H,6,9-14H2,1-5H3,(H,34,35)(H,36,37)(H2,30,32,38). The summed E-state index contributed by atoms with van der Waals surface area (Å²) >= 11 is 0. The Morgan fingerprint density at radius 1 is 1.05 bits per heavy atom. The predicted octanol–water partition coefficient (Wildman–Crippen LogP) is 4.50. The summed E-state index contributed by atoms with van der Waals surface area (Å²) in [7, 11) is 0. The number of amides is 2. The number of aliphatic carboxylic acids is 2. The third kappa shape index (κ3) is 6.92. The molecule has 0 aliphatic carbocycles. The molecule has 0 saturated carbocycles. The van der Waals surface area contributed by atoms with E-state index in [2.05, 4.69) is 41.6 Å². The van der Waals surface area contributed by atoms with Crippen molar-refractivity contribution in [3.05, 3.63) is 52.1 Å². The van der Waals surface area contributed by atoms with E-state index in [1.807, 2.05) is 0 Å². The highest BCUT2D eigenvalue weighted by molar-refractivity contribution is 5.98. The first-order chi connectivity index (χ1) is 17.8. The fourth-order valence-corrected chi connectivity index (χ4v) is 5.41. The summed E-state index contributed by atoms with van der Waals surface area (Å²) < 4.78 is 14.6. The Morgan fingerprint density at radius 2 is 1.63 bits per heavy atom. The second kappa shape index (κ2) is 12.0. The molecule has 5 N–H and O–H groups in total. The number of hydrogen-bond acceptors (Lipinski definition) is 5. The van der Waals surface area contributed by atoms with Crippen molar-refractivity contribution in [1.29, 1.82) is 0 Å². The van der Waals surface area contributed by atoms with Crippen LogP contribution in [0.2, 0.25) is 0 Å². The molecule has 208 valence electrons. The van der Waals surface area contributed by atoms with Crippen LogP contribution in [0.25, 0.3) is 0 Å². The summed E-state index contributed by atoms with van der Waals surface area (Å²) in [5.41, 5.74) is 0.695. The molecule has 1 fully saturated rings. The largest absolute Gasteiger partial charge is 0.478 e. The third-order valence-electron chi connectivity index (χ3n) is 7.54. The molecule has 2 aliphatic heterocycles. The Morgan fingerprint density at radius 3 is 2.16 bits per heavy atom. The average Bonchev–Trinajstić information content (AvgIpc) is 2.82. The molecule has 0 aromatic heterocycles. The fourth-order valence-electron chi connectivity index (χ4n) is 5.41. The number of carbonyl (C=O) groups is 3. The van der Waals surface area contributed by atoms with E-state index in [9.17, 15) is 29.0 Å². The van der Waals surface area contributed by atoms with Crippen molar-refractivity contribution in [2.45, 2.75) is 59.8 Å². The van der Waals surface area contributed by atoms with Crippen molar-refractivity contribution in [2.24, 2.45) is 11.3 Å². The lowest BCUT2D eigenvalue weighted by molar-refractivity contribution is -0.133. The Kier molecular flexibility index (Phi) is 9.19. The number of urea groups is 1. The van der Waals surface area contributed by atoms with E-state index in [4.69, 9.17) is 0 Å². The lowest BCUT2D eigenvalue weighted by Crippen LogP contribution is -2.39.